The first-order valence-corrected chi connectivity index (χ1v) is 6.36. The number of hydrogen-bond acceptors (Lipinski definition) is 3. The Morgan fingerprint density at radius 1 is 1.18 bits per heavy atom. The summed E-state index contributed by atoms with van der Waals surface area (Å²) in [4.78, 5) is 4.53. The number of nitrogens with zero attached hydrogens (tertiary/aromatic N) is 1. The number of aliphatic imine (C=N–C) groups is 1. The number of aliphatic hydroxyl groups is 1. The van der Waals surface area contributed by atoms with Crippen LogP contribution in [0.25, 0.3) is 0 Å². The van der Waals surface area contributed by atoms with Gasteiger partial charge in [0.25, 0.3) is 0 Å². The van der Waals surface area contributed by atoms with Crippen LogP contribution >= 0.6 is 0 Å². The average Bonchev–Trinajstić information content (AvgIpc) is 2.65. The second-order valence-electron chi connectivity index (χ2n) is 4.43. The molecule has 0 aromatic heterocycles. The first-order valence-electron chi connectivity index (χ1n) is 6.36. The van der Waals surface area contributed by atoms with Crippen molar-refractivity contribution in [1.82, 2.24) is 5.32 Å². The van der Waals surface area contributed by atoms with Gasteiger partial charge in [-0.05, 0) is 18.4 Å². The van der Waals surface area contributed by atoms with E-state index < -0.39 is 0 Å². The molecule has 0 saturated heterocycles. The van der Waals surface area contributed by atoms with Gasteiger partial charge in [-0.25, -0.2) is 0 Å². The molecule has 0 spiro atoms. The zero-order chi connectivity index (χ0) is 11.9. The van der Waals surface area contributed by atoms with E-state index in [4.69, 9.17) is 0 Å². The van der Waals surface area contributed by atoms with Crippen molar-refractivity contribution in [1.29, 1.82) is 0 Å². The van der Waals surface area contributed by atoms with Crippen LogP contribution in [0.2, 0.25) is 0 Å². The Labute approximate surface area is 103 Å². The molecule has 1 aromatic rings. The van der Waals surface area contributed by atoms with E-state index in [1.165, 1.54) is 19.3 Å². The van der Waals surface area contributed by atoms with Crippen LogP contribution in [0.3, 0.4) is 0 Å². The Balaban J connectivity index is 2.02. The van der Waals surface area contributed by atoms with Crippen LogP contribution in [0, 0.1) is 0 Å². The van der Waals surface area contributed by atoms with Crippen LogP contribution in [0.5, 0.6) is 0 Å². The van der Waals surface area contributed by atoms with E-state index in [0.717, 1.165) is 24.4 Å². The van der Waals surface area contributed by atoms with Gasteiger partial charge in [0.05, 0.1) is 18.5 Å². The molecule has 1 aliphatic rings. The maximum atomic E-state index is 9.46. The van der Waals surface area contributed by atoms with Crippen LogP contribution in [0.15, 0.2) is 35.3 Å². The summed E-state index contributed by atoms with van der Waals surface area (Å²) < 4.78 is 0. The van der Waals surface area contributed by atoms with Crippen molar-refractivity contribution in [3.63, 3.8) is 0 Å². The SMILES string of the molecule is OCC(NC1=NCCCCC1)c1ccccc1. The monoisotopic (exact) mass is 232 g/mol. The third-order valence-corrected chi connectivity index (χ3v) is 3.10. The molecule has 1 aliphatic heterocycles. The molecule has 1 heterocycles. The van der Waals surface area contributed by atoms with Crippen LogP contribution in [-0.4, -0.2) is 24.1 Å². The summed E-state index contributed by atoms with van der Waals surface area (Å²) in [6.45, 7) is 1.01. The third kappa shape index (κ3) is 3.56. The van der Waals surface area contributed by atoms with Gasteiger partial charge < -0.3 is 10.4 Å². The fourth-order valence-electron chi connectivity index (χ4n) is 2.11. The van der Waals surface area contributed by atoms with E-state index >= 15 is 0 Å². The average molecular weight is 232 g/mol. The second-order valence-corrected chi connectivity index (χ2v) is 4.43. The number of benzene rings is 1. The summed E-state index contributed by atoms with van der Waals surface area (Å²) in [7, 11) is 0. The van der Waals surface area contributed by atoms with Gasteiger partial charge in [0.15, 0.2) is 0 Å². The van der Waals surface area contributed by atoms with Crippen LogP contribution < -0.4 is 5.32 Å². The lowest BCUT2D eigenvalue weighted by Gasteiger charge is -2.19. The number of amidine groups is 1. The topological polar surface area (TPSA) is 44.6 Å². The molecule has 3 nitrogen and oxygen atoms in total. The molecule has 2 N–H and O–H groups in total. The predicted molar refractivity (Wildman–Crippen MR) is 70.2 cm³/mol. The van der Waals surface area contributed by atoms with Gasteiger partial charge in [0, 0.05) is 13.0 Å². The molecule has 0 radical (unpaired) electrons. The van der Waals surface area contributed by atoms with Crippen molar-refractivity contribution < 1.29 is 5.11 Å². The first-order chi connectivity index (χ1) is 8.40. The highest BCUT2D eigenvalue weighted by molar-refractivity contribution is 5.82. The van der Waals surface area contributed by atoms with Gasteiger partial charge in [-0.2, -0.15) is 0 Å². The fourth-order valence-corrected chi connectivity index (χ4v) is 2.11. The fraction of sp³-hybridized carbons (Fsp3) is 0.500. The molecule has 0 aliphatic carbocycles. The lowest BCUT2D eigenvalue weighted by Crippen LogP contribution is -2.30. The van der Waals surface area contributed by atoms with Crippen molar-refractivity contribution in [2.45, 2.75) is 31.7 Å². The molecule has 0 saturated carbocycles. The first kappa shape index (κ1) is 12.1. The predicted octanol–water partition coefficient (Wildman–Crippen LogP) is 2.28. The molecule has 17 heavy (non-hydrogen) atoms. The standard InChI is InChI=1S/C14H20N2O/c17-11-13(12-7-3-1-4-8-12)16-14-9-5-2-6-10-15-14/h1,3-4,7-8,13,17H,2,5-6,9-11H2,(H,15,16). The zero-order valence-corrected chi connectivity index (χ0v) is 10.1. The maximum Gasteiger partial charge on any atom is 0.0968 e. The van der Waals surface area contributed by atoms with Gasteiger partial charge in [-0.15, -0.1) is 0 Å². The minimum absolute atomic E-state index is 0.0342. The van der Waals surface area contributed by atoms with E-state index in [9.17, 15) is 5.11 Å². The second kappa shape index (κ2) is 6.40. The normalized spacial score (nSPS) is 18.1. The summed E-state index contributed by atoms with van der Waals surface area (Å²) in [5, 5.41) is 12.8. The highest BCUT2D eigenvalue weighted by atomic mass is 16.3. The van der Waals surface area contributed by atoms with Crippen molar-refractivity contribution in [2.24, 2.45) is 4.99 Å². The molecule has 2 rings (SSSR count). The minimum atomic E-state index is -0.0342. The van der Waals surface area contributed by atoms with Gasteiger partial charge >= 0.3 is 0 Å². The lowest BCUT2D eigenvalue weighted by molar-refractivity contribution is 0.257. The third-order valence-electron chi connectivity index (χ3n) is 3.10. The van der Waals surface area contributed by atoms with Crippen LogP contribution in [0.1, 0.15) is 37.3 Å². The van der Waals surface area contributed by atoms with E-state index in [-0.39, 0.29) is 12.6 Å². The Morgan fingerprint density at radius 2 is 2.00 bits per heavy atom. The van der Waals surface area contributed by atoms with Gasteiger partial charge in [0.1, 0.15) is 0 Å². The molecule has 3 heteroatoms. The molecule has 1 aromatic carbocycles. The number of aliphatic hydroxyl groups excluding tert-OH is 1. The Morgan fingerprint density at radius 3 is 2.76 bits per heavy atom. The molecule has 92 valence electrons. The molecule has 1 atom stereocenters. The minimum Gasteiger partial charge on any atom is -0.394 e. The van der Waals surface area contributed by atoms with E-state index in [1.807, 2.05) is 30.3 Å². The molecule has 0 fully saturated rings. The van der Waals surface area contributed by atoms with Gasteiger partial charge in [0.2, 0.25) is 0 Å². The zero-order valence-electron chi connectivity index (χ0n) is 10.1. The number of nitrogens with one attached hydrogen (secondary N) is 1. The van der Waals surface area contributed by atoms with Crippen LogP contribution in [0.4, 0.5) is 0 Å². The van der Waals surface area contributed by atoms with Gasteiger partial charge in [-0.3, -0.25) is 4.99 Å². The summed E-state index contributed by atoms with van der Waals surface area (Å²) in [5.41, 5.74) is 1.11. The number of rotatable bonds is 3. The van der Waals surface area contributed by atoms with Crippen molar-refractivity contribution >= 4 is 5.84 Å². The van der Waals surface area contributed by atoms with E-state index in [0.29, 0.717) is 0 Å². The lowest BCUT2D eigenvalue weighted by atomic mass is 10.1. The summed E-state index contributed by atoms with van der Waals surface area (Å²) in [5.74, 6) is 1.05. The van der Waals surface area contributed by atoms with Gasteiger partial charge in [-0.1, -0.05) is 36.8 Å². The maximum absolute atomic E-state index is 9.46. The molecular weight excluding hydrogens is 212 g/mol. The summed E-state index contributed by atoms with van der Waals surface area (Å²) in [6.07, 6.45) is 4.63. The van der Waals surface area contributed by atoms with Crippen LogP contribution in [-0.2, 0) is 0 Å². The molecule has 0 amide bonds. The summed E-state index contributed by atoms with van der Waals surface area (Å²) in [6, 6.07) is 10.0. The highest BCUT2D eigenvalue weighted by Gasteiger charge is 2.12. The van der Waals surface area contributed by atoms with Crippen molar-refractivity contribution in [2.75, 3.05) is 13.2 Å². The Kier molecular flexibility index (Phi) is 4.56. The Bertz CT molecular complexity index is 362. The van der Waals surface area contributed by atoms with E-state index in [2.05, 4.69) is 10.3 Å². The van der Waals surface area contributed by atoms with Crippen molar-refractivity contribution in [3.05, 3.63) is 35.9 Å². The largest absolute Gasteiger partial charge is 0.394 e. The molecule has 1 unspecified atom stereocenters. The molecular formula is C14H20N2O. The number of hydrogen-bond donors (Lipinski definition) is 2. The van der Waals surface area contributed by atoms with E-state index in [1.54, 1.807) is 0 Å². The smallest absolute Gasteiger partial charge is 0.0968 e. The quantitative estimate of drug-likeness (QED) is 0.839. The van der Waals surface area contributed by atoms with Crippen molar-refractivity contribution in [3.8, 4) is 0 Å². The Hall–Kier alpha value is -1.35. The molecule has 0 bridgehead atoms. The highest BCUT2D eigenvalue weighted by Crippen LogP contribution is 2.14. The summed E-state index contributed by atoms with van der Waals surface area (Å²) >= 11 is 0.